The third-order valence-corrected chi connectivity index (χ3v) is 14.3. The van der Waals surface area contributed by atoms with Crippen molar-refractivity contribution in [1.29, 1.82) is 0 Å². The molecule has 0 radical (unpaired) electrons. The van der Waals surface area contributed by atoms with Crippen molar-refractivity contribution < 1.29 is 0 Å². The SMILES string of the molecule is CC1(C)c2cc3c(cc2-c2c1cc(-c1ccccc1)c1sc4ccccc4c21)C(C)(C)c1cc(-c2ccccc2)c2sc4ccccc4c2c1-3. The average Bonchev–Trinajstić information content (AvgIpc) is 3.84. The second-order valence-electron chi connectivity index (χ2n) is 15.2. The molecule has 2 aromatic heterocycles. The third-order valence-electron chi connectivity index (χ3n) is 11.9. The highest BCUT2D eigenvalue weighted by Gasteiger charge is 2.44. The molecule has 2 aliphatic rings. The molecule has 0 atom stereocenters. The van der Waals surface area contributed by atoms with Crippen molar-refractivity contribution in [2.75, 3.05) is 0 Å². The van der Waals surface area contributed by atoms with Crippen LogP contribution in [0.4, 0.5) is 0 Å². The van der Waals surface area contributed by atoms with E-state index in [9.17, 15) is 0 Å². The normalized spacial score (nSPS) is 15.1. The highest BCUT2D eigenvalue weighted by atomic mass is 32.1. The van der Waals surface area contributed by atoms with Crippen molar-refractivity contribution in [2.45, 2.75) is 38.5 Å². The van der Waals surface area contributed by atoms with Gasteiger partial charge in [-0.05, 0) is 103 Å². The van der Waals surface area contributed by atoms with Gasteiger partial charge in [-0.1, -0.05) is 125 Å². The number of thiophene rings is 2. The lowest BCUT2D eigenvalue weighted by molar-refractivity contribution is 0.652. The van der Waals surface area contributed by atoms with E-state index in [1.165, 1.54) is 107 Å². The van der Waals surface area contributed by atoms with Crippen LogP contribution in [0.2, 0.25) is 0 Å². The molecule has 238 valence electrons. The summed E-state index contributed by atoms with van der Waals surface area (Å²) in [5.41, 5.74) is 16.4. The van der Waals surface area contributed by atoms with Crippen LogP contribution in [0, 0.1) is 0 Å². The van der Waals surface area contributed by atoms with Crippen LogP contribution in [-0.4, -0.2) is 0 Å². The molecular weight excluding hydrogens is 641 g/mol. The molecule has 0 fully saturated rings. The summed E-state index contributed by atoms with van der Waals surface area (Å²) in [7, 11) is 0. The lowest BCUT2D eigenvalue weighted by Crippen LogP contribution is -2.17. The first kappa shape index (κ1) is 28.8. The summed E-state index contributed by atoms with van der Waals surface area (Å²) in [5.74, 6) is 0. The summed E-state index contributed by atoms with van der Waals surface area (Å²) in [6, 6.07) is 50.3. The lowest BCUT2D eigenvalue weighted by atomic mass is 9.79. The molecule has 7 aromatic carbocycles. The number of rotatable bonds is 2. The number of fused-ring (bicyclic) bond motifs is 14. The predicted octanol–water partition coefficient (Wildman–Crippen LogP) is 14.4. The van der Waals surface area contributed by atoms with Crippen LogP contribution in [0.15, 0.2) is 133 Å². The van der Waals surface area contributed by atoms with E-state index >= 15 is 0 Å². The van der Waals surface area contributed by atoms with E-state index in [-0.39, 0.29) is 10.8 Å². The fourth-order valence-corrected chi connectivity index (χ4v) is 11.8. The molecular formula is C48H34S2. The van der Waals surface area contributed by atoms with E-state index in [1.54, 1.807) is 0 Å². The Kier molecular flexibility index (Phi) is 5.65. The average molecular weight is 675 g/mol. The smallest absolute Gasteiger partial charge is 0.0440 e. The molecule has 0 amide bonds. The first-order chi connectivity index (χ1) is 24.3. The van der Waals surface area contributed by atoms with Crippen LogP contribution in [-0.2, 0) is 10.8 Å². The van der Waals surface area contributed by atoms with Gasteiger partial charge in [0.15, 0.2) is 0 Å². The number of benzene rings is 7. The van der Waals surface area contributed by atoms with Crippen molar-refractivity contribution in [3.05, 3.63) is 156 Å². The highest BCUT2D eigenvalue weighted by molar-refractivity contribution is 7.27. The Balaban J connectivity index is 1.25. The van der Waals surface area contributed by atoms with Gasteiger partial charge in [0, 0.05) is 51.2 Å². The van der Waals surface area contributed by atoms with Crippen LogP contribution in [0.3, 0.4) is 0 Å². The molecule has 0 aliphatic heterocycles. The van der Waals surface area contributed by atoms with Gasteiger partial charge in [0.1, 0.15) is 0 Å². The highest BCUT2D eigenvalue weighted by Crippen LogP contribution is 2.62. The van der Waals surface area contributed by atoms with Crippen molar-refractivity contribution >= 4 is 63.0 Å². The minimum Gasteiger partial charge on any atom is -0.135 e. The van der Waals surface area contributed by atoms with Gasteiger partial charge in [0.25, 0.3) is 0 Å². The van der Waals surface area contributed by atoms with Gasteiger partial charge in [-0.15, -0.1) is 22.7 Å². The predicted molar refractivity (Wildman–Crippen MR) is 218 cm³/mol. The summed E-state index contributed by atoms with van der Waals surface area (Å²) in [5, 5.41) is 5.57. The van der Waals surface area contributed by atoms with Crippen molar-refractivity contribution in [3.63, 3.8) is 0 Å². The molecule has 2 aliphatic carbocycles. The molecule has 2 heteroatoms. The quantitative estimate of drug-likeness (QED) is 0.171. The zero-order chi connectivity index (χ0) is 33.5. The minimum absolute atomic E-state index is 0.160. The lowest BCUT2D eigenvalue weighted by Gasteiger charge is -2.24. The molecule has 9 aromatic rings. The Hall–Kier alpha value is -5.02. The summed E-state index contributed by atoms with van der Waals surface area (Å²) < 4.78 is 5.49. The fraction of sp³-hybridized carbons (Fsp3) is 0.125. The monoisotopic (exact) mass is 674 g/mol. The zero-order valence-corrected chi connectivity index (χ0v) is 30.2. The van der Waals surface area contributed by atoms with Gasteiger partial charge < -0.3 is 0 Å². The van der Waals surface area contributed by atoms with E-state index in [2.05, 4.69) is 161 Å². The van der Waals surface area contributed by atoms with Gasteiger partial charge >= 0.3 is 0 Å². The Morgan fingerprint density at radius 3 is 1.16 bits per heavy atom. The Morgan fingerprint density at radius 2 is 0.740 bits per heavy atom. The summed E-state index contributed by atoms with van der Waals surface area (Å²) in [6.45, 7) is 9.81. The van der Waals surface area contributed by atoms with E-state index in [0.29, 0.717) is 0 Å². The first-order valence-corrected chi connectivity index (χ1v) is 19.2. The van der Waals surface area contributed by atoms with Gasteiger partial charge in [-0.3, -0.25) is 0 Å². The summed E-state index contributed by atoms with van der Waals surface area (Å²) >= 11 is 3.89. The first-order valence-electron chi connectivity index (χ1n) is 17.6. The molecule has 2 heterocycles. The molecule has 0 N–H and O–H groups in total. The molecule has 50 heavy (non-hydrogen) atoms. The Bertz CT molecular complexity index is 2700. The van der Waals surface area contributed by atoms with E-state index in [1.807, 2.05) is 22.7 Å². The van der Waals surface area contributed by atoms with Gasteiger partial charge in [0.2, 0.25) is 0 Å². The Labute approximate surface area is 300 Å². The van der Waals surface area contributed by atoms with Crippen LogP contribution in [0.25, 0.3) is 84.9 Å². The summed E-state index contributed by atoms with van der Waals surface area (Å²) in [4.78, 5) is 0. The fourth-order valence-electron chi connectivity index (χ4n) is 9.35. The van der Waals surface area contributed by atoms with Crippen molar-refractivity contribution in [2.24, 2.45) is 0 Å². The van der Waals surface area contributed by atoms with Crippen LogP contribution in [0.5, 0.6) is 0 Å². The molecule has 0 spiro atoms. The Morgan fingerprint density at radius 1 is 0.380 bits per heavy atom. The van der Waals surface area contributed by atoms with Crippen LogP contribution in [0.1, 0.15) is 49.9 Å². The van der Waals surface area contributed by atoms with E-state index < -0.39 is 0 Å². The summed E-state index contributed by atoms with van der Waals surface area (Å²) in [6.07, 6.45) is 0. The largest absolute Gasteiger partial charge is 0.135 e. The van der Waals surface area contributed by atoms with Crippen LogP contribution < -0.4 is 0 Å². The maximum Gasteiger partial charge on any atom is 0.0440 e. The third kappa shape index (κ3) is 3.60. The van der Waals surface area contributed by atoms with Crippen molar-refractivity contribution in [3.8, 4) is 44.5 Å². The maximum atomic E-state index is 2.61. The van der Waals surface area contributed by atoms with Gasteiger partial charge in [-0.2, -0.15) is 0 Å². The topological polar surface area (TPSA) is 0 Å². The number of hydrogen-bond donors (Lipinski definition) is 0. The van der Waals surface area contributed by atoms with E-state index in [4.69, 9.17) is 0 Å². The van der Waals surface area contributed by atoms with Crippen LogP contribution >= 0.6 is 22.7 Å². The zero-order valence-electron chi connectivity index (χ0n) is 28.5. The van der Waals surface area contributed by atoms with Gasteiger partial charge in [0.05, 0.1) is 0 Å². The number of hydrogen-bond acceptors (Lipinski definition) is 2. The standard InChI is InChI=1S/C48H34S2/c1-47(2)35-25-34-36(26-33(35)41-37(47)23-31(27-15-7-5-8-16-27)45-43(41)29-19-11-13-21-39(29)49-45)48(3,4)38-24-32(28-17-9-6-10-18-28)46-44(42(34)38)30-20-12-14-22-40(30)50-46/h5-26H,1-4H3. The van der Waals surface area contributed by atoms with Crippen molar-refractivity contribution in [1.82, 2.24) is 0 Å². The maximum absolute atomic E-state index is 2.61. The molecule has 0 nitrogen and oxygen atoms in total. The second-order valence-corrected chi connectivity index (χ2v) is 17.3. The second kappa shape index (κ2) is 9.82. The molecule has 0 unspecified atom stereocenters. The van der Waals surface area contributed by atoms with Gasteiger partial charge in [-0.25, -0.2) is 0 Å². The molecule has 0 bridgehead atoms. The molecule has 0 saturated carbocycles. The molecule has 0 saturated heterocycles. The van der Waals surface area contributed by atoms with E-state index in [0.717, 1.165) is 0 Å². The minimum atomic E-state index is -0.160. The molecule has 11 rings (SSSR count).